The van der Waals surface area contributed by atoms with E-state index < -0.39 is 36.0 Å². The maximum Gasteiger partial charge on any atom is 0.326 e. The van der Waals surface area contributed by atoms with Crippen LogP contribution in [0.1, 0.15) is 27.5 Å². The molecular formula is C24H22ClN3O5. The first-order chi connectivity index (χ1) is 15.8. The zero-order valence-electron chi connectivity index (χ0n) is 17.4. The maximum atomic E-state index is 12.8. The number of nitrogens with one attached hydrogen (secondary N) is 2. The number of carboxylic acids is 1. The van der Waals surface area contributed by atoms with Gasteiger partial charge in [-0.2, -0.15) is 0 Å². The number of carbonyl (C=O) groups excluding carboxylic acids is 2. The van der Waals surface area contributed by atoms with E-state index in [0.29, 0.717) is 16.7 Å². The average Bonchev–Trinajstić information content (AvgIpc) is 2.83. The normalized spacial score (nSPS) is 13.4. The number of aliphatic carboxylic acids is 1. The van der Waals surface area contributed by atoms with Crippen molar-refractivity contribution in [3.63, 3.8) is 0 Å². The van der Waals surface area contributed by atoms with Crippen LogP contribution in [0.25, 0.3) is 0 Å². The summed E-state index contributed by atoms with van der Waals surface area (Å²) in [5.74, 6) is -2.71. The van der Waals surface area contributed by atoms with Crippen LogP contribution in [-0.4, -0.2) is 45.1 Å². The number of amides is 2. The smallest absolute Gasteiger partial charge is 0.326 e. The number of nitrogens with zero attached hydrogens (tertiary/aromatic N) is 1. The molecule has 0 saturated heterocycles. The zero-order valence-corrected chi connectivity index (χ0v) is 18.1. The van der Waals surface area contributed by atoms with E-state index in [4.69, 9.17) is 11.6 Å². The summed E-state index contributed by atoms with van der Waals surface area (Å²) in [6.45, 7) is 0. The van der Waals surface area contributed by atoms with E-state index in [1.165, 1.54) is 12.3 Å². The summed E-state index contributed by atoms with van der Waals surface area (Å²) in [6, 6.07) is 17.5. The van der Waals surface area contributed by atoms with Crippen LogP contribution in [0.5, 0.6) is 0 Å². The Labute approximate surface area is 195 Å². The van der Waals surface area contributed by atoms with Crippen molar-refractivity contribution in [2.75, 3.05) is 0 Å². The lowest BCUT2D eigenvalue weighted by molar-refractivity contribution is -0.143. The van der Waals surface area contributed by atoms with Crippen molar-refractivity contribution < 1.29 is 24.6 Å². The Balaban J connectivity index is 1.78. The first-order valence-electron chi connectivity index (χ1n) is 10.1. The van der Waals surface area contributed by atoms with Gasteiger partial charge in [0.05, 0.1) is 6.04 Å². The molecule has 170 valence electrons. The van der Waals surface area contributed by atoms with Crippen LogP contribution in [-0.2, 0) is 16.0 Å². The predicted molar refractivity (Wildman–Crippen MR) is 122 cm³/mol. The van der Waals surface area contributed by atoms with Gasteiger partial charge in [-0.1, -0.05) is 66.2 Å². The van der Waals surface area contributed by atoms with Crippen molar-refractivity contribution in [2.24, 2.45) is 0 Å². The van der Waals surface area contributed by atoms with Crippen molar-refractivity contribution in [1.82, 2.24) is 15.6 Å². The lowest BCUT2D eigenvalue weighted by atomic mass is 9.99. The third-order valence-corrected chi connectivity index (χ3v) is 5.13. The number of hydrogen-bond acceptors (Lipinski definition) is 5. The van der Waals surface area contributed by atoms with Crippen molar-refractivity contribution in [2.45, 2.75) is 24.6 Å². The highest BCUT2D eigenvalue weighted by Crippen LogP contribution is 2.19. The van der Waals surface area contributed by atoms with Gasteiger partial charge in [-0.15, -0.1) is 0 Å². The maximum absolute atomic E-state index is 12.8. The summed E-state index contributed by atoms with van der Waals surface area (Å²) in [5, 5.41) is 25.6. The summed E-state index contributed by atoms with van der Waals surface area (Å²) in [7, 11) is 0. The minimum absolute atomic E-state index is 0.0651. The Morgan fingerprint density at radius 3 is 2.12 bits per heavy atom. The molecule has 3 aromatic rings. The number of carboxylic acid groups (broad SMARTS) is 1. The summed E-state index contributed by atoms with van der Waals surface area (Å²) in [6.07, 6.45) is -0.400. The number of aromatic nitrogens is 1. The van der Waals surface area contributed by atoms with E-state index in [9.17, 15) is 24.6 Å². The molecule has 4 N–H and O–H groups in total. The van der Waals surface area contributed by atoms with Crippen molar-refractivity contribution in [3.05, 3.63) is 101 Å². The summed E-state index contributed by atoms with van der Waals surface area (Å²) in [5.41, 5.74) is 1.38. The van der Waals surface area contributed by atoms with Crippen LogP contribution >= 0.6 is 11.6 Å². The van der Waals surface area contributed by atoms with Gasteiger partial charge in [0.25, 0.3) is 11.8 Å². The highest BCUT2D eigenvalue weighted by molar-refractivity contribution is 6.29. The van der Waals surface area contributed by atoms with Gasteiger partial charge in [0.2, 0.25) is 0 Å². The first-order valence-corrected chi connectivity index (χ1v) is 10.5. The quantitative estimate of drug-likeness (QED) is 0.358. The number of hydrogen-bond donors (Lipinski definition) is 4. The molecule has 0 aliphatic rings. The van der Waals surface area contributed by atoms with Gasteiger partial charge in [0, 0.05) is 18.2 Å². The molecule has 0 bridgehead atoms. The van der Waals surface area contributed by atoms with Crippen molar-refractivity contribution in [1.29, 1.82) is 0 Å². The molecule has 8 nitrogen and oxygen atoms in total. The molecule has 0 unspecified atom stereocenters. The molecule has 0 aliphatic carbocycles. The molecule has 9 heteroatoms. The largest absolute Gasteiger partial charge is 0.480 e. The molecule has 1 aromatic heterocycles. The lowest BCUT2D eigenvalue weighted by Gasteiger charge is -2.25. The molecule has 3 atom stereocenters. The molecule has 0 fully saturated rings. The standard InChI is InChI=1S/C24H22ClN3O5/c25-19-12-11-15(14-26-19)13-18(24(32)33)27-23(31)21(29)20(16-7-3-1-4-8-16)28-22(30)17-9-5-2-6-10-17/h1-12,14,18,20-21,29H,13H2,(H,27,31)(H,28,30)(H,32,33)/t18-,20+,21-/m1/s1. The summed E-state index contributed by atoms with van der Waals surface area (Å²) < 4.78 is 0. The van der Waals surface area contributed by atoms with Crippen LogP contribution in [0.2, 0.25) is 5.15 Å². The van der Waals surface area contributed by atoms with Gasteiger partial charge in [-0.25, -0.2) is 9.78 Å². The van der Waals surface area contributed by atoms with Gasteiger partial charge in [0.1, 0.15) is 11.2 Å². The Kier molecular flexibility index (Phi) is 8.12. The summed E-state index contributed by atoms with van der Waals surface area (Å²) in [4.78, 5) is 41.1. The number of pyridine rings is 1. The zero-order chi connectivity index (χ0) is 23.8. The second-order valence-corrected chi connectivity index (χ2v) is 7.65. The van der Waals surface area contributed by atoms with Gasteiger partial charge in [-0.05, 0) is 29.3 Å². The predicted octanol–water partition coefficient (Wildman–Crippen LogP) is 2.38. The van der Waals surface area contributed by atoms with Crippen LogP contribution in [0, 0.1) is 0 Å². The molecule has 1 heterocycles. The molecular weight excluding hydrogens is 446 g/mol. The van der Waals surface area contributed by atoms with Gasteiger partial charge in [0.15, 0.2) is 6.10 Å². The molecule has 0 radical (unpaired) electrons. The Morgan fingerprint density at radius 2 is 1.55 bits per heavy atom. The second kappa shape index (κ2) is 11.2. The number of carbonyl (C=O) groups is 3. The van der Waals surface area contributed by atoms with E-state index >= 15 is 0 Å². The molecule has 2 aromatic carbocycles. The fraction of sp³-hybridized carbons (Fsp3) is 0.167. The van der Waals surface area contributed by atoms with Crippen LogP contribution in [0.3, 0.4) is 0 Å². The number of benzene rings is 2. The number of halogens is 1. The Morgan fingerprint density at radius 1 is 0.909 bits per heavy atom. The minimum atomic E-state index is -1.75. The van der Waals surface area contributed by atoms with E-state index in [1.54, 1.807) is 66.7 Å². The van der Waals surface area contributed by atoms with Gasteiger partial charge in [-0.3, -0.25) is 9.59 Å². The van der Waals surface area contributed by atoms with Crippen LogP contribution in [0.15, 0.2) is 79.0 Å². The van der Waals surface area contributed by atoms with E-state index in [-0.39, 0.29) is 11.6 Å². The van der Waals surface area contributed by atoms with E-state index in [1.807, 2.05) is 0 Å². The van der Waals surface area contributed by atoms with Crippen molar-refractivity contribution in [3.8, 4) is 0 Å². The molecule has 0 saturated carbocycles. The molecule has 3 rings (SSSR count). The Hall–Kier alpha value is -3.75. The highest BCUT2D eigenvalue weighted by Gasteiger charge is 2.32. The molecule has 2 amide bonds. The fourth-order valence-corrected chi connectivity index (χ4v) is 3.30. The van der Waals surface area contributed by atoms with Crippen LogP contribution in [0.4, 0.5) is 0 Å². The van der Waals surface area contributed by atoms with E-state index in [0.717, 1.165) is 0 Å². The number of aliphatic hydroxyl groups is 1. The monoisotopic (exact) mass is 467 g/mol. The molecule has 33 heavy (non-hydrogen) atoms. The van der Waals surface area contributed by atoms with Gasteiger partial charge >= 0.3 is 5.97 Å². The lowest BCUT2D eigenvalue weighted by Crippen LogP contribution is -2.50. The third kappa shape index (κ3) is 6.61. The van der Waals surface area contributed by atoms with E-state index in [2.05, 4.69) is 15.6 Å². The Bertz CT molecular complexity index is 1090. The minimum Gasteiger partial charge on any atom is -0.480 e. The SMILES string of the molecule is O=C(N[C@@H](c1ccccc1)[C@@H](O)C(=O)N[C@H](Cc1ccc(Cl)nc1)C(=O)O)c1ccccc1. The van der Waals surface area contributed by atoms with Crippen molar-refractivity contribution >= 4 is 29.4 Å². The average molecular weight is 468 g/mol. The first kappa shape index (κ1) is 23.9. The molecule has 0 spiro atoms. The second-order valence-electron chi connectivity index (χ2n) is 7.27. The number of rotatable bonds is 9. The number of aliphatic hydroxyl groups excluding tert-OH is 1. The summed E-state index contributed by atoms with van der Waals surface area (Å²) >= 11 is 5.75. The topological polar surface area (TPSA) is 129 Å². The third-order valence-electron chi connectivity index (χ3n) is 4.91. The van der Waals surface area contributed by atoms with Crippen LogP contribution < -0.4 is 10.6 Å². The highest BCUT2D eigenvalue weighted by atomic mass is 35.5. The fourth-order valence-electron chi connectivity index (χ4n) is 3.19. The van der Waals surface area contributed by atoms with Gasteiger partial charge < -0.3 is 20.8 Å². The molecule has 0 aliphatic heterocycles.